The summed E-state index contributed by atoms with van der Waals surface area (Å²) in [6, 6.07) is 5.40. The quantitative estimate of drug-likeness (QED) is 0.867. The number of hydrogen-bond donors (Lipinski definition) is 1. The molecule has 0 amide bonds. The minimum atomic E-state index is -0.131. The molecule has 0 bridgehead atoms. The fourth-order valence-electron chi connectivity index (χ4n) is 2.12. The van der Waals surface area contributed by atoms with Crippen molar-refractivity contribution in [3.8, 4) is 0 Å². The molecule has 0 aliphatic carbocycles. The molecule has 1 saturated heterocycles. The Morgan fingerprint density at radius 2 is 1.94 bits per heavy atom. The molecule has 1 aromatic rings. The molecule has 4 heteroatoms. The lowest BCUT2D eigenvalue weighted by atomic mass is 10.2. The van der Waals surface area contributed by atoms with E-state index in [2.05, 4.69) is 22.2 Å². The van der Waals surface area contributed by atoms with Crippen LogP contribution in [0.25, 0.3) is 0 Å². The Labute approximate surface area is 102 Å². The van der Waals surface area contributed by atoms with Crippen LogP contribution in [-0.4, -0.2) is 44.7 Å². The van der Waals surface area contributed by atoms with Crippen LogP contribution in [0, 0.1) is 5.82 Å². The van der Waals surface area contributed by atoms with E-state index in [1.807, 2.05) is 19.1 Å². The molecule has 0 aromatic heterocycles. The first-order chi connectivity index (χ1) is 8.20. The normalized spacial score (nSPS) is 17.2. The molecule has 1 heterocycles. The van der Waals surface area contributed by atoms with Crippen molar-refractivity contribution >= 4 is 11.4 Å². The Morgan fingerprint density at radius 1 is 1.24 bits per heavy atom. The lowest BCUT2D eigenvalue weighted by Gasteiger charge is -2.34. The second-order valence-corrected chi connectivity index (χ2v) is 4.49. The van der Waals surface area contributed by atoms with Crippen LogP contribution >= 0.6 is 0 Å². The van der Waals surface area contributed by atoms with Crippen LogP contribution in [0.2, 0.25) is 0 Å². The molecule has 0 atom stereocenters. The second kappa shape index (κ2) is 5.36. The van der Waals surface area contributed by atoms with Crippen LogP contribution in [0.3, 0.4) is 0 Å². The number of halogens is 1. The van der Waals surface area contributed by atoms with Crippen LogP contribution in [0.15, 0.2) is 18.2 Å². The van der Waals surface area contributed by atoms with Crippen LogP contribution in [-0.2, 0) is 0 Å². The smallest absolute Gasteiger partial charge is 0.148 e. The topological polar surface area (TPSA) is 18.5 Å². The summed E-state index contributed by atoms with van der Waals surface area (Å²) < 4.78 is 14.0. The minimum absolute atomic E-state index is 0.131. The van der Waals surface area contributed by atoms with E-state index in [1.54, 1.807) is 6.07 Å². The van der Waals surface area contributed by atoms with E-state index >= 15 is 0 Å². The fourth-order valence-corrected chi connectivity index (χ4v) is 2.12. The summed E-state index contributed by atoms with van der Waals surface area (Å²) in [5.74, 6) is -0.131. The van der Waals surface area contributed by atoms with Crippen molar-refractivity contribution in [2.24, 2.45) is 0 Å². The maximum absolute atomic E-state index is 14.0. The van der Waals surface area contributed by atoms with Gasteiger partial charge in [-0.2, -0.15) is 0 Å². The van der Waals surface area contributed by atoms with Crippen LogP contribution < -0.4 is 10.2 Å². The number of piperazine rings is 1. The SMILES string of the molecule is CCNc1ccc(N2CCN(C)CC2)c(F)c1. The summed E-state index contributed by atoms with van der Waals surface area (Å²) in [5.41, 5.74) is 1.57. The van der Waals surface area contributed by atoms with Crippen LogP contribution in [0.5, 0.6) is 0 Å². The molecule has 94 valence electrons. The van der Waals surface area contributed by atoms with Crippen molar-refractivity contribution in [2.45, 2.75) is 6.92 Å². The molecule has 0 saturated carbocycles. The van der Waals surface area contributed by atoms with E-state index < -0.39 is 0 Å². The van der Waals surface area contributed by atoms with Gasteiger partial charge in [0.1, 0.15) is 5.82 Å². The average molecular weight is 237 g/mol. The first-order valence-corrected chi connectivity index (χ1v) is 6.17. The van der Waals surface area contributed by atoms with E-state index in [4.69, 9.17) is 0 Å². The molecule has 1 aliphatic heterocycles. The molecule has 0 radical (unpaired) electrons. The van der Waals surface area contributed by atoms with Gasteiger partial charge in [0, 0.05) is 38.4 Å². The summed E-state index contributed by atoms with van der Waals surface area (Å²) in [6.45, 7) is 6.60. The summed E-state index contributed by atoms with van der Waals surface area (Å²) >= 11 is 0. The van der Waals surface area contributed by atoms with Gasteiger partial charge in [0.2, 0.25) is 0 Å². The van der Waals surface area contributed by atoms with E-state index in [0.717, 1.165) is 44.1 Å². The Hall–Kier alpha value is -1.29. The highest BCUT2D eigenvalue weighted by Crippen LogP contribution is 2.23. The summed E-state index contributed by atoms with van der Waals surface area (Å²) in [6.07, 6.45) is 0. The minimum Gasteiger partial charge on any atom is -0.385 e. The van der Waals surface area contributed by atoms with E-state index in [-0.39, 0.29) is 5.82 Å². The number of benzene rings is 1. The number of nitrogens with zero attached hydrogens (tertiary/aromatic N) is 2. The maximum Gasteiger partial charge on any atom is 0.148 e. The number of anilines is 2. The average Bonchev–Trinajstić information content (AvgIpc) is 2.31. The highest BCUT2D eigenvalue weighted by molar-refractivity contribution is 5.56. The number of nitrogens with one attached hydrogen (secondary N) is 1. The molecule has 3 nitrogen and oxygen atoms in total. The predicted molar refractivity (Wildman–Crippen MR) is 70.3 cm³/mol. The molecule has 2 rings (SSSR count). The second-order valence-electron chi connectivity index (χ2n) is 4.49. The van der Waals surface area contributed by atoms with Crippen molar-refractivity contribution < 1.29 is 4.39 Å². The van der Waals surface area contributed by atoms with Crippen molar-refractivity contribution in [3.63, 3.8) is 0 Å². The first-order valence-electron chi connectivity index (χ1n) is 6.17. The lowest BCUT2D eigenvalue weighted by Crippen LogP contribution is -2.44. The highest BCUT2D eigenvalue weighted by atomic mass is 19.1. The zero-order chi connectivity index (χ0) is 12.3. The highest BCUT2D eigenvalue weighted by Gasteiger charge is 2.17. The Kier molecular flexibility index (Phi) is 3.84. The van der Waals surface area contributed by atoms with Gasteiger partial charge in [-0.15, -0.1) is 0 Å². The molecule has 17 heavy (non-hydrogen) atoms. The summed E-state index contributed by atoms with van der Waals surface area (Å²) in [4.78, 5) is 4.38. The van der Waals surface area contributed by atoms with Gasteiger partial charge in [-0.3, -0.25) is 0 Å². The van der Waals surface area contributed by atoms with Gasteiger partial charge < -0.3 is 15.1 Å². The Balaban J connectivity index is 2.10. The number of likely N-dealkylation sites (N-methyl/N-ethyl adjacent to an activating group) is 1. The molecular formula is C13H20FN3. The van der Waals surface area contributed by atoms with Crippen molar-refractivity contribution in [1.82, 2.24) is 4.90 Å². The Morgan fingerprint density at radius 3 is 2.53 bits per heavy atom. The zero-order valence-electron chi connectivity index (χ0n) is 10.5. The van der Waals surface area contributed by atoms with Crippen LogP contribution in [0.4, 0.5) is 15.8 Å². The number of rotatable bonds is 3. The van der Waals surface area contributed by atoms with Gasteiger partial charge in [0.15, 0.2) is 0 Å². The van der Waals surface area contributed by atoms with Gasteiger partial charge >= 0.3 is 0 Å². The standard InChI is InChI=1S/C13H20FN3/c1-3-15-11-4-5-13(12(14)10-11)17-8-6-16(2)7-9-17/h4-5,10,15H,3,6-9H2,1-2H3. The van der Waals surface area contributed by atoms with Crippen LogP contribution in [0.1, 0.15) is 6.92 Å². The van der Waals surface area contributed by atoms with Gasteiger partial charge in [0.25, 0.3) is 0 Å². The third-order valence-corrected chi connectivity index (χ3v) is 3.17. The third-order valence-electron chi connectivity index (χ3n) is 3.17. The molecule has 0 unspecified atom stereocenters. The maximum atomic E-state index is 14.0. The van der Waals surface area contributed by atoms with Gasteiger partial charge in [-0.05, 0) is 32.2 Å². The zero-order valence-corrected chi connectivity index (χ0v) is 10.5. The first kappa shape index (κ1) is 12.2. The van der Waals surface area contributed by atoms with E-state index in [9.17, 15) is 4.39 Å². The molecule has 1 aliphatic rings. The molecule has 1 aromatic carbocycles. The largest absolute Gasteiger partial charge is 0.385 e. The van der Waals surface area contributed by atoms with Gasteiger partial charge in [0.05, 0.1) is 5.69 Å². The fraction of sp³-hybridized carbons (Fsp3) is 0.538. The van der Waals surface area contributed by atoms with Gasteiger partial charge in [-0.1, -0.05) is 0 Å². The monoisotopic (exact) mass is 237 g/mol. The summed E-state index contributed by atoms with van der Waals surface area (Å²) in [7, 11) is 2.10. The van der Waals surface area contributed by atoms with E-state index in [1.165, 1.54) is 0 Å². The molecule has 0 spiro atoms. The lowest BCUT2D eigenvalue weighted by molar-refractivity contribution is 0.311. The molecule has 1 N–H and O–H groups in total. The molecular weight excluding hydrogens is 217 g/mol. The molecule has 1 fully saturated rings. The van der Waals surface area contributed by atoms with Gasteiger partial charge in [-0.25, -0.2) is 4.39 Å². The third kappa shape index (κ3) is 2.88. The Bertz CT molecular complexity index is 373. The van der Waals surface area contributed by atoms with E-state index in [0.29, 0.717) is 0 Å². The van der Waals surface area contributed by atoms with Crippen molar-refractivity contribution in [1.29, 1.82) is 0 Å². The summed E-state index contributed by atoms with van der Waals surface area (Å²) in [5, 5.41) is 3.12. The number of hydrogen-bond acceptors (Lipinski definition) is 3. The van der Waals surface area contributed by atoms with Crippen molar-refractivity contribution in [2.75, 3.05) is 50.0 Å². The predicted octanol–water partition coefficient (Wildman–Crippen LogP) is 2.01. The van der Waals surface area contributed by atoms with Crippen molar-refractivity contribution in [3.05, 3.63) is 24.0 Å².